The van der Waals surface area contributed by atoms with E-state index >= 15 is 0 Å². The second kappa shape index (κ2) is 8.22. The molecule has 0 bridgehead atoms. The molecule has 2 heterocycles. The molecule has 0 unspecified atom stereocenters. The molecule has 1 N–H and O–H groups in total. The number of anilines is 2. The van der Waals surface area contributed by atoms with E-state index in [4.69, 9.17) is 4.42 Å². The van der Waals surface area contributed by atoms with Crippen LogP contribution in [0.3, 0.4) is 0 Å². The fourth-order valence-electron chi connectivity index (χ4n) is 3.93. The molecule has 1 amide bonds. The van der Waals surface area contributed by atoms with Gasteiger partial charge in [-0.2, -0.15) is 4.39 Å². The number of amides is 1. The summed E-state index contributed by atoms with van der Waals surface area (Å²) in [4.78, 5) is 17.4. The third-order valence-electron chi connectivity index (χ3n) is 5.62. The summed E-state index contributed by atoms with van der Waals surface area (Å²) in [5, 5.41) is 1.97. The van der Waals surface area contributed by atoms with Crippen LogP contribution in [0.2, 0.25) is 0 Å². The topological polar surface area (TPSA) is 48.7 Å². The zero-order chi connectivity index (χ0) is 22.3. The van der Waals surface area contributed by atoms with Gasteiger partial charge in [0.2, 0.25) is 11.6 Å². The number of nitrogens with one attached hydrogen (secondary N) is 1. The Bertz CT molecular complexity index is 1150. The molecule has 0 spiro atoms. The summed E-state index contributed by atoms with van der Waals surface area (Å²) in [7, 11) is 0. The predicted molar refractivity (Wildman–Crippen MR) is 110 cm³/mol. The van der Waals surface area contributed by atoms with Gasteiger partial charge < -0.3 is 19.5 Å². The van der Waals surface area contributed by atoms with E-state index in [2.05, 4.69) is 22.0 Å². The number of hydrogen-bond acceptors (Lipinski definition) is 4. The molecule has 1 aliphatic rings. The van der Waals surface area contributed by atoms with Crippen LogP contribution in [0.1, 0.15) is 23.0 Å². The first-order valence-corrected chi connectivity index (χ1v) is 9.96. The van der Waals surface area contributed by atoms with Gasteiger partial charge in [-0.3, -0.25) is 4.79 Å². The van der Waals surface area contributed by atoms with Gasteiger partial charge in [-0.05, 0) is 25.6 Å². The number of furan rings is 1. The molecule has 1 aromatic heterocycles. The second-order valence-corrected chi connectivity index (χ2v) is 7.39. The molecule has 0 radical (unpaired) electrons. The normalized spacial score (nSPS) is 15.0. The zero-order valence-electron chi connectivity index (χ0n) is 17.1. The number of halogens is 4. The molecule has 2 aromatic carbocycles. The first-order valence-electron chi connectivity index (χ1n) is 9.96. The fourth-order valence-corrected chi connectivity index (χ4v) is 3.93. The minimum Gasteiger partial charge on any atom is -0.457 e. The van der Waals surface area contributed by atoms with E-state index < -0.39 is 40.1 Å². The minimum atomic E-state index is -1.99. The molecule has 31 heavy (non-hydrogen) atoms. The molecule has 0 saturated carbocycles. The Kier molecular flexibility index (Phi) is 5.62. The van der Waals surface area contributed by atoms with Crippen LogP contribution in [0.25, 0.3) is 11.0 Å². The Balaban J connectivity index is 1.69. The van der Waals surface area contributed by atoms with Crippen molar-refractivity contribution in [3.8, 4) is 0 Å². The predicted octanol–water partition coefficient (Wildman–Crippen LogP) is 4.69. The molecule has 1 fully saturated rings. The van der Waals surface area contributed by atoms with Gasteiger partial charge in [0.15, 0.2) is 17.2 Å². The summed E-state index contributed by atoms with van der Waals surface area (Å²) in [5.74, 6) is -8.27. The van der Waals surface area contributed by atoms with Crippen molar-refractivity contribution in [2.45, 2.75) is 13.8 Å². The van der Waals surface area contributed by atoms with Gasteiger partial charge >= 0.3 is 0 Å². The Labute approximate surface area is 176 Å². The summed E-state index contributed by atoms with van der Waals surface area (Å²) in [6.45, 7) is 7.63. The lowest BCUT2D eigenvalue weighted by atomic mass is 10.1. The van der Waals surface area contributed by atoms with Gasteiger partial charge in [-0.25, -0.2) is 13.2 Å². The van der Waals surface area contributed by atoms with Crippen molar-refractivity contribution in [1.82, 2.24) is 4.90 Å². The minimum absolute atomic E-state index is 0.149. The summed E-state index contributed by atoms with van der Waals surface area (Å²) in [5.41, 5.74) is 0.0366. The van der Waals surface area contributed by atoms with Crippen LogP contribution < -0.4 is 10.2 Å². The zero-order valence-corrected chi connectivity index (χ0v) is 17.1. The van der Waals surface area contributed by atoms with Crippen molar-refractivity contribution < 1.29 is 26.8 Å². The van der Waals surface area contributed by atoms with E-state index in [1.807, 2.05) is 12.1 Å². The van der Waals surface area contributed by atoms with Crippen LogP contribution in [0.15, 0.2) is 28.7 Å². The third-order valence-corrected chi connectivity index (χ3v) is 5.62. The largest absolute Gasteiger partial charge is 0.457 e. The highest BCUT2D eigenvalue weighted by atomic mass is 19.2. The number of fused-ring (bicyclic) bond motifs is 1. The number of nitrogens with zero attached hydrogens (tertiary/aromatic N) is 2. The number of rotatable bonds is 4. The van der Waals surface area contributed by atoms with Crippen molar-refractivity contribution in [3.63, 3.8) is 0 Å². The highest BCUT2D eigenvalue weighted by molar-refractivity contribution is 6.14. The highest BCUT2D eigenvalue weighted by Crippen LogP contribution is 2.34. The number of hydrogen-bond donors (Lipinski definition) is 1. The van der Waals surface area contributed by atoms with Crippen molar-refractivity contribution in [3.05, 3.63) is 58.9 Å². The summed E-state index contributed by atoms with van der Waals surface area (Å²) >= 11 is 0. The van der Waals surface area contributed by atoms with Crippen LogP contribution in [-0.2, 0) is 0 Å². The molecule has 0 atom stereocenters. The monoisotopic (exact) mass is 435 g/mol. The number of aryl methyl sites for hydroxylation is 1. The van der Waals surface area contributed by atoms with E-state index in [0.717, 1.165) is 38.4 Å². The van der Waals surface area contributed by atoms with Crippen LogP contribution in [0.5, 0.6) is 0 Å². The lowest BCUT2D eigenvalue weighted by molar-refractivity contribution is 0.102. The fraction of sp³-hybridized carbons (Fsp3) is 0.318. The smallest absolute Gasteiger partial charge is 0.260 e. The average molecular weight is 435 g/mol. The first kappa shape index (κ1) is 21.2. The van der Waals surface area contributed by atoms with Crippen LogP contribution in [0.4, 0.5) is 28.9 Å². The van der Waals surface area contributed by atoms with E-state index in [1.54, 1.807) is 12.1 Å². The Morgan fingerprint density at radius 3 is 2.32 bits per heavy atom. The molecule has 3 aromatic rings. The lowest BCUT2D eigenvalue weighted by Crippen LogP contribution is -2.46. The highest BCUT2D eigenvalue weighted by Gasteiger charge is 2.30. The average Bonchev–Trinajstić information content (AvgIpc) is 3.14. The van der Waals surface area contributed by atoms with Crippen molar-refractivity contribution >= 4 is 28.3 Å². The van der Waals surface area contributed by atoms with E-state index in [-0.39, 0.29) is 11.3 Å². The number of likely N-dealkylation sites (N-methyl/N-ethyl adjacent to an activating group) is 1. The molecule has 1 saturated heterocycles. The van der Waals surface area contributed by atoms with Crippen molar-refractivity contribution in [2.75, 3.05) is 42.9 Å². The van der Waals surface area contributed by atoms with Gasteiger partial charge in [0.05, 0.1) is 22.3 Å². The molecule has 5 nitrogen and oxygen atoms in total. The van der Waals surface area contributed by atoms with Crippen LogP contribution in [-0.4, -0.2) is 43.5 Å². The molecule has 4 rings (SSSR count). The number of carbonyl (C=O) groups is 1. The van der Waals surface area contributed by atoms with Crippen LogP contribution >= 0.6 is 0 Å². The number of carbonyl (C=O) groups excluding carboxylic acids is 1. The third kappa shape index (κ3) is 3.63. The Morgan fingerprint density at radius 1 is 1.00 bits per heavy atom. The maximum atomic E-state index is 14.4. The number of para-hydroxylation sites is 2. The summed E-state index contributed by atoms with van der Waals surface area (Å²) < 4.78 is 60.9. The SMILES string of the molecule is CCN1CCN(c2ccccc2NC(=O)c2c(C)oc3c(F)c(F)c(F)c(F)c23)CC1. The van der Waals surface area contributed by atoms with E-state index in [1.165, 1.54) is 6.92 Å². The lowest BCUT2D eigenvalue weighted by Gasteiger charge is -2.36. The molecule has 1 aliphatic heterocycles. The number of piperazine rings is 1. The molecular formula is C22H21F4N3O2. The quantitative estimate of drug-likeness (QED) is 0.367. The molecule has 0 aliphatic carbocycles. The van der Waals surface area contributed by atoms with Gasteiger partial charge in [-0.1, -0.05) is 19.1 Å². The van der Waals surface area contributed by atoms with Crippen LogP contribution in [0, 0.1) is 30.2 Å². The van der Waals surface area contributed by atoms with Gasteiger partial charge in [0.1, 0.15) is 5.76 Å². The molecule has 9 heteroatoms. The van der Waals surface area contributed by atoms with Gasteiger partial charge in [0.25, 0.3) is 5.91 Å². The number of benzene rings is 2. The maximum absolute atomic E-state index is 14.4. The summed E-state index contributed by atoms with van der Waals surface area (Å²) in [6, 6.07) is 7.11. The standard InChI is InChI=1S/C22H21F4N3O2/c1-3-28-8-10-29(11-9-28)14-7-5-4-6-13(14)27-22(30)15-12(2)31-21-16(15)17(23)18(24)19(25)20(21)26/h4-7H,3,8-11H2,1-2H3,(H,27,30). The molecular weight excluding hydrogens is 414 g/mol. The van der Waals surface area contributed by atoms with Gasteiger partial charge in [0, 0.05) is 26.2 Å². The maximum Gasteiger partial charge on any atom is 0.260 e. The Morgan fingerprint density at radius 2 is 1.65 bits per heavy atom. The van der Waals surface area contributed by atoms with Gasteiger partial charge in [-0.15, -0.1) is 0 Å². The van der Waals surface area contributed by atoms with E-state index in [9.17, 15) is 22.4 Å². The summed E-state index contributed by atoms with van der Waals surface area (Å²) in [6.07, 6.45) is 0. The second-order valence-electron chi connectivity index (χ2n) is 7.39. The van der Waals surface area contributed by atoms with E-state index in [0.29, 0.717) is 5.69 Å². The van der Waals surface area contributed by atoms with Crippen molar-refractivity contribution in [2.24, 2.45) is 0 Å². The Hall–Kier alpha value is -3.07. The molecule has 164 valence electrons. The van der Waals surface area contributed by atoms with Crippen molar-refractivity contribution in [1.29, 1.82) is 0 Å². The first-order chi connectivity index (χ1) is 14.8.